The summed E-state index contributed by atoms with van der Waals surface area (Å²) in [5.74, 6) is 0.827. The number of anilines is 1. The highest BCUT2D eigenvalue weighted by Crippen LogP contribution is 2.46. The first kappa shape index (κ1) is 19.6. The summed E-state index contributed by atoms with van der Waals surface area (Å²) in [4.78, 5) is 6.52. The molecular formula is C26H27N3O2. The molecule has 1 saturated heterocycles. The van der Waals surface area contributed by atoms with Crippen LogP contribution in [0.15, 0.2) is 77.7 Å². The molecule has 1 aliphatic heterocycles. The Morgan fingerprint density at radius 1 is 1.10 bits per heavy atom. The van der Waals surface area contributed by atoms with Gasteiger partial charge < -0.3 is 19.4 Å². The van der Waals surface area contributed by atoms with Gasteiger partial charge in [0.05, 0.1) is 19.4 Å². The molecule has 2 aromatic carbocycles. The number of nitrogens with one attached hydrogen (secondary N) is 1. The van der Waals surface area contributed by atoms with Crippen LogP contribution in [-0.2, 0) is 0 Å². The molecule has 3 heterocycles. The number of hydrogen-bond acceptors (Lipinski definition) is 5. The molecule has 1 fully saturated rings. The average Bonchev–Trinajstić information content (AvgIpc) is 3.32. The number of fused-ring (bicyclic) bond motifs is 1. The number of methoxy groups -OCH3 is 1. The van der Waals surface area contributed by atoms with Gasteiger partial charge in [-0.1, -0.05) is 30.3 Å². The van der Waals surface area contributed by atoms with Crippen molar-refractivity contribution in [1.29, 1.82) is 0 Å². The third kappa shape index (κ3) is 3.55. The summed E-state index contributed by atoms with van der Waals surface area (Å²) in [5.41, 5.74) is 5.27. The molecule has 0 spiro atoms. The molecule has 0 aliphatic carbocycles. The van der Waals surface area contributed by atoms with E-state index in [1.807, 2.05) is 30.6 Å². The van der Waals surface area contributed by atoms with Gasteiger partial charge in [-0.3, -0.25) is 4.98 Å². The molecule has 5 rings (SSSR count). The van der Waals surface area contributed by atoms with E-state index in [-0.39, 0.29) is 12.1 Å². The number of benzene rings is 2. The Balaban J connectivity index is 1.65. The highest BCUT2D eigenvalue weighted by molar-refractivity contribution is 5.99. The van der Waals surface area contributed by atoms with Crippen molar-refractivity contribution < 1.29 is 9.15 Å². The minimum Gasteiger partial charge on any atom is -0.494 e. The number of piperidine rings is 1. The van der Waals surface area contributed by atoms with Crippen LogP contribution in [-0.4, -0.2) is 31.7 Å². The average molecular weight is 414 g/mol. The van der Waals surface area contributed by atoms with Crippen LogP contribution < -0.4 is 15.0 Å². The van der Waals surface area contributed by atoms with Gasteiger partial charge in [-0.2, -0.15) is 0 Å². The largest absolute Gasteiger partial charge is 0.494 e. The molecule has 158 valence electrons. The van der Waals surface area contributed by atoms with Gasteiger partial charge in [0, 0.05) is 36.4 Å². The zero-order chi connectivity index (χ0) is 21.2. The third-order valence-corrected chi connectivity index (χ3v) is 6.30. The summed E-state index contributed by atoms with van der Waals surface area (Å²) in [6, 6.07) is 19.4. The molecular weight excluding hydrogens is 386 g/mol. The standard InChI is InChI=1S/C26H27N3O2/c1-29(22-9-6-13-28-23(22)19-7-4-3-5-8-19)24-25-20(12-16-31-25)17-21(26(24)30-2)18-10-14-27-15-11-18/h3-5,7-8,10-12,14-17,22-23,28H,6,9,13H2,1-2H3/t22-,23-/m0/s1. The Morgan fingerprint density at radius 2 is 1.90 bits per heavy atom. The van der Waals surface area contributed by atoms with E-state index in [4.69, 9.17) is 9.15 Å². The zero-order valence-electron chi connectivity index (χ0n) is 17.9. The van der Waals surface area contributed by atoms with Crippen LogP contribution in [0.3, 0.4) is 0 Å². The van der Waals surface area contributed by atoms with Crippen LogP contribution in [0.2, 0.25) is 0 Å². The van der Waals surface area contributed by atoms with Crippen LogP contribution in [0, 0.1) is 0 Å². The number of likely N-dealkylation sites (N-methyl/N-ethyl adjacent to an activating group) is 1. The van der Waals surface area contributed by atoms with E-state index >= 15 is 0 Å². The molecule has 0 unspecified atom stereocenters. The van der Waals surface area contributed by atoms with E-state index in [0.29, 0.717) is 0 Å². The first-order valence-corrected chi connectivity index (χ1v) is 10.8. The molecule has 2 atom stereocenters. The zero-order valence-corrected chi connectivity index (χ0v) is 17.9. The number of nitrogens with zero attached hydrogens (tertiary/aromatic N) is 2. The van der Waals surface area contributed by atoms with Crippen LogP contribution >= 0.6 is 0 Å². The lowest BCUT2D eigenvalue weighted by molar-refractivity contribution is 0.344. The lowest BCUT2D eigenvalue weighted by atomic mass is 9.90. The van der Waals surface area contributed by atoms with Crippen molar-refractivity contribution in [1.82, 2.24) is 10.3 Å². The Kier molecular flexibility index (Phi) is 5.35. The molecule has 5 heteroatoms. The van der Waals surface area contributed by atoms with E-state index in [2.05, 4.69) is 58.6 Å². The molecule has 2 aromatic heterocycles. The second-order valence-corrected chi connectivity index (χ2v) is 8.04. The maximum Gasteiger partial charge on any atom is 0.161 e. The van der Waals surface area contributed by atoms with Crippen LogP contribution in [0.4, 0.5) is 5.69 Å². The fourth-order valence-corrected chi connectivity index (χ4v) is 4.80. The smallest absolute Gasteiger partial charge is 0.161 e. The van der Waals surface area contributed by atoms with Gasteiger partial charge >= 0.3 is 0 Å². The number of hydrogen-bond donors (Lipinski definition) is 1. The van der Waals surface area contributed by atoms with Gasteiger partial charge in [0.15, 0.2) is 11.3 Å². The predicted octanol–water partition coefficient (Wildman–Crippen LogP) is 5.43. The number of furan rings is 1. The Labute approximate surface area is 182 Å². The minimum atomic E-state index is 0.235. The van der Waals surface area contributed by atoms with Gasteiger partial charge in [0.1, 0.15) is 5.69 Å². The molecule has 1 N–H and O–H groups in total. The van der Waals surface area contributed by atoms with Gasteiger partial charge in [-0.05, 0) is 54.8 Å². The van der Waals surface area contributed by atoms with E-state index in [9.17, 15) is 0 Å². The van der Waals surface area contributed by atoms with Crippen molar-refractivity contribution in [2.45, 2.75) is 24.9 Å². The summed E-state index contributed by atoms with van der Waals surface area (Å²) in [5, 5.41) is 4.80. The van der Waals surface area contributed by atoms with Crippen molar-refractivity contribution in [3.63, 3.8) is 0 Å². The monoisotopic (exact) mass is 413 g/mol. The summed E-state index contributed by atoms with van der Waals surface area (Å²) >= 11 is 0. The molecule has 0 saturated carbocycles. The van der Waals surface area contributed by atoms with Crippen LogP contribution in [0.5, 0.6) is 5.75 Å². The number of aromatic nitrogens is 1. The highest BCUT2D eigenvalue weighted by atomic mass is 16.5. The molecule has 0 bridgehead atoms. The van der Waals surface area contributed by atoms with Crippen molar-refractivity contribution in [3.05, 3.63) is 78.8 Å². The number of ether oxygens (including phenoxy) is 1. The lowest BCUT2D eigenvalue weighted by Crippen LogP contribution is -2.47. The van der Waals surface area contributed by atoms with Gasteiger partial charge in [-0.15, -0.1) is 0 Å². The van der Waals surface area contributed by atoms with E-state index in [0.717, 1.165) is 52.9 Å². The Morgan fingerprint density at radius 3 is 2.68 bits per heavy atom. The number of rotatable bonds is 5. The second-order valence-electron chi connectivity index (χ2n) is 8.04. The fraction of sp³-hybridized carbons (Fsp3) is 0.269. The molecule has 0 radical (unpaired) electrons. The van der Waals surface area contributed by atoms with E-state index in [1.165, 1.54) is 5.56 Å². The fourth-order valence-electron chi connectivity index (χ4n) is 4.80. The lowest BCUT2D eigenvalue weighted by Gasteiger charge is -2.40. The normalized spacial score (nSPS) is 18.8. The van der Waals surface area contributed by atoms with Crippen molar-refractivity contribution in [2.24, 2.45) is 0 Å². The molecule has 1 aliphatic rings. The van der Waals surface area contributed by atoms with E-state index < -0.39 is 0 Å². The molecule has 5 nitrogen and oxygen atoms in total. The first-order valence-electron chi connectivity index (χ1n) is 10.8. The molecule has 0 amide bonds. The maximum atomic E-state index is 6.02. The summed E-state index contributed by atoms with van der Waals surface area (Å²) in [7, 11) is 3.89. The van der Waals surface area contributed by atoms with Crippen molar-refractivity contribution in [2.75, 3.05) is 25.6 Å². The van der Waals surface area contributed by atoms with Crippen LogP contribution in [0.25, 0.3) is 22.1 Å². The van der Waals surface area contributed by atoms with Crippen molar-refractivity contribution >= 4 is 16.7 Å². The number of pyridine rings is 1. The topological polar surface area (TPSA) is 50.5 Å². The SMILES string of the molecule is COc1c(-c2ccncc2)cc2ccoc2c1N(C)[C@H]1CCCN[C@H]1c1ccccc1. The summed E-state index contributed by atoms with van der Waals surface area (Å²) < 4.78 is 12.0. The maximum absolute atomic E-state index is 6.02. The highest BCUT2D eigenvalue weighted by Gasteiger charge is 2.33. The quantitative estimate of drug-likeness (QED) is 0.473. The summed E-state index contributed by atoms with van der Waals surface area (Å²) in [6.45, 7) is 1.02. The second kappa shape index (κ2) is 8.44. The van der Waals surface area contributed by atoms with Gasteiger partial charge in [0.2, 0.25) is 0 Å². The Hall–Kier alpha value is -3.31. The Bertz CT molecular complexity index is 1160. The van der Waals surface area contributed by atoms with Crippen molar-refractivity contribution in [3.8, 4) is 16.9 Å². The van der Waals surface area contributed by atoms with Crippen LogP contribution in [0.1, 0.15) is 24.4 Å². The van der Waals surface area contributed by atoms with E-state index in [1.54, 1.807) is 13.4 Å². The molecule has 4 aromatic rings. The molecule has 31 heavy (non-hydrogen) atoms. The third-order valence-electron chi connectivity index (χ3n) is 6.30. The minimum absolute atomic E-state index is 0.235. The van der Waals surface area contributed by atoms with Gasteiger partial charge in [-0.25, -0.2) is 0 Å². The van der Waals surface area contributed by atoms with Gasteiger partial charge in [0.25, 0.3) is 0 Å². The predicted molar refractivity (Wildman–Crippen MR) is 125 cm³/mol. The first-order chi connectivity index (χ1) is 15.3. The summed E-state index contributed by atoms with van der Waals surface area (Å²) in [6.07, 6.45) is 7.61.